The Bertz CT molecular complexity index is 548. The fourth-order valence-corrected chi connectivity index (χ4v) is 2.54. The Hall–Kier alpha value is -1.68. The lowest BCUT2D eigenvalue weighted by molar-refractivity contribution is -0.120. The number of thiazole rings is 1. The van der Waals surface area contributed by atoms with Gasteiger partial charge in [-0.2, -0.15) is 0 Å². The molecule has 1 aromatic heterocycles. The van der Waals surface area contributed by atoms with Crippen molar-refractivity contribution in [3.05, 3.63) is 40.9 Å². The normalized spacial score (nSPS) is 10.3. The molecule has 18 heavy (non-hydrogen) atoms. The SMILES string of the molecule is CCC(=O)NCc1ccccc1-c1nc(C)cs1. The summed E-state index contributed by atoms with van der Waals surface area (Å²) in [7, 11) is 0. The maximum absolute atomic E-state index is 11.3. The molecule has 3 nitrogen and oxygen atoms in total. The van der Waals surface area contributed by atoms with Crippen molar-refractivity contribution in [1.82, 2.24) is 10.3 Å². The second-order valence-corrected chi connectivity index (χ2v) is 4.94. The standard InChI is InChI=1S/C14H16N2OS/c1-3-13(17)15-8-11-6-4-5-7-12(11)14-16-10(2)9-18-14/h4-7,9H,3,8H2,1-2H3,(H,15,17). The van der Waals surface area contributed by atoms with Gasteiger partial charge in [-0.05, 0) is 12.5 Å². The van der Waals surface area contributed by atoms with Gasteiger partial charge in [-0.1, -0.05) is 31.2 Å². The molecule has 1 N–H and O–H groups in total. The van der Waals surface area contributed by atoms with Crippen LogP contribution in [0.4, 0.5) is 0 Å². The van der Waals surface area contributed by atoms with Gasteiger partial charge in [0.05, 0.1) is 0 Å². The zero-order valence-corrected chi connectivity index (χ0v) is 11.4. The Kier molecular flexibility index (Phi) is 4.10. The van der Waals surface area contributed by atoms with Crippen molar-refractivity contribution >= 4 is 17.2 Å². The van der Waals surface area contributed by atoms with Crippen LogP contribution in [0.15, 0.2) is 29.6 Å². The molecule has 94 valence electrons. The van der Waals surface area contributed by atoms with Gasteiger partial charge in [-0.15, -0.1) is 11.3 Å². The molecule has 0 spiro atoms. The molecule has 0 atom stereocenters. The summed E-state index contributed by atoms with van der Waals surface area (Å²) in [6.45, 7) is 4.40. The highest BCUT2D eigenvalue weighted by Gasteiger charge is 2.08. The van der Waals surface area contributed by atoms with Gasteiger partial charge in [-0.25, -0.2) is 4.98 Å². The summed E-state index contributed by atoms with van der Waals surface area (Å²) < 4.78 is 0. The summed E-state index contributed by atoms with van der Waals surface area (Å²) in [5, 5.41) is 5.95. The molecule has 0 bridgehead atoms. The molecular formula is C14H16N2OS. The minimum Gasteiger partial charge on any atom is -0.352 e. The average molecular weight is 260 g/mol. The Labute approximate surface area is 111 Å². The van der Waals surface area contributed by atoms with E-state index in [1.165, 1.54) is 0 Å². The molecule has 0 aliphatic carbocycles. The van der Waals surface area contributed by atoms with Crippen molar-refractivity contribution in [2.75, 3.05) is 0 Å². The maximum Gasteiger partial charge on any atom is 0.219 e. The average Bonchev–Trinajstić information content (AvgIpc) is 2.83. The van der Waals surface area contributed by atoms with Crippen LogP contribution >= 0.6 is 11.3 Å². The highest BCUT2D eigenvalue weighted by atomic mass is 32.1. The minimum atomic E-state index is 0.0696. The summed E-state index contributed by atoms with van der Waals surface area (Å²) in [6.07, 6.45) is 0.512. The van der Waals surface area contributed by atoms with E-state index in [0.717, 1.165) is 21.8 Å². The predicted octanol–water partition coefficient (Wildman–Crippen LogP) is 3.14. The van der Waals surface area contributed by atoms with Gasteiger partial charge in [-0.3, -0.25) is 4.79 Å². The van der Waals surface area contributed by atoms with E-state index in [-0.39, 0.29) is 5.91 Å². The summed E-state index contributed by atoms with van der Waals surface area (Å²) >= 11 is 1.63. The first kappa shape index (κ1) is 12.8. The zero-order valence-electron chi connectivity index (χ0n) is 10.6. The molecule has 0 fully saturated rings. The smallest absolute Gasteiger partial charge is 0.219 e. The number of nitrogens with zero attached hydrogens (tertiary/aromatic N) is 1. The Balaban J connectivity index is 2.23. The van der Waals surface area contributed by atoms with Crippen molar-refractivity contribution in [2.45, 2.75) is 26.8 Å². The number of aryl methyl sites for hydroxylation is 1. The number of benzene rings is 1. The Morgan fingerprint density at radius 1 is 1.39 bits per heavy atom. The second kappa shape index (κ2) is 5.78. The van der Waals surface area contributed by atoms with Crippen LogP contribution < -0.4 is 5.32 Å². The third-order valence-corrected chi connectivity index (χ3v) is 3.66. The zero-order chi connectivity index (χ0) is 13.0. The third-order valence-electron chi connectivity index (χ3n) is 2.66. The first-order chi connectivity index (χ1) is 8.70. The van der Waals surface area contributed by atoms with E-state index in [4.69, 9.17) is 0 Å². The number of hydrogen-bond donors (Lipinski definition) is 1. The number of hydrogen-bond acceptors (Lipinski definition) is 3. The van der Waals surface area contributed by atoms with Gasteiger partial charge in [0.2, 0.25) is 5.91 Å². The highest BCUT2D eigenvalue weighted by Crippen LogP contribution is 2.26. The van der Waals surface area contributed by atoms with Gasteiger partial charge < -0.3 is 5.32 Å². The minimum absolute atomic E-state index is 0.0696. The lowest BCUT2D eigenvalue weighted by Gasteiger charge is -2.08. The van der Waals surface area contributed by atoms with Crippen LogP contribution in [0.5, 0.6) is 0 Å². The molecule has 0 saturated carbocycles. The van der Waals surface area contributed by atoms with Gasteiger partial charge in [0.15, 0.2) is 0 Å². The number of amides is 1. The van der Waals surface area contributed by atoms with Crippen molar-refractivity contribution in [1.29, 1.82) is 0 Å². The molecule has 0 saturated heterocycles. The van der Waals surface area contributed by atoms with Gasteiger partial charge in [0.25, 0.3) is 0 Å². The van der Waals surface area contributed by atoms with Crippen LogP contribution in [0, 0.1) is 6.92 Å². The summed E-state index contributed by atoms with van der Waals surface area (Å²) in [6, 6.07) is 8.06. The number of rotatable bonds is 4. The molecule has 1 heterocycles. The van der Waals surface area contributed by atoms with Crippen molar-refractivity contribution in [3.8, 4) is 10.6 Å². The lowest BCUT2D eigenvalue weighted by atomic mass is 10.1. The molecule has 0 aliphatic heterocycles. The van der Waals surface area contributed by atoms with E-state index >= 15 is 0 Å². The largest absolute Gasteiger partial charge is 0.352 e. The van der Waals surface area contributed by atoms with Crippen LogP contribution in [0.25, 0.3) is 10.6 Å². The number of carbonyl (C=O) groups is 1. The fraction of sp³-hybridized carbons (Fsp3) is 0.286. The van der Waals surface area contributed by atoms with Crippen LogP contribution in [0.2, 0.25) is 0 Å². The highest BCUT2D eigenvalue weighted by molar-refractivity contribution is 7.13. The van der Waals surface area contributed by atoms with E-state index in [0.29, 0.717) is 13.0 Å². The molecule has 2 rings (SSSR count). The first-order valence-corrected chi connectivity index (χ1v) is 6.85. The van der Waals surface area contributed by atoms with Crippen LogP contribution in [0.3, 0.4) is 0 Å². The lowest BCUT2D eigenvalue weighted by Crippen LogP contribution is -2.21. The van der Waals surface area contributed by atoms with E-state index in [2.05, 4.69) is 10.3 Å². The van der Waals surface area contributed by atoms with Crippen LogP contribution in [-0.4, -0.2) is 10.9 Å². The topological polar surface area (TPSA) is 42.0 Å². The van der Waals surface area contributed by atoms with E-state index in [9.17, 15) is 4.79 Å². The molecule has 4 heteroatoms. The maximum atomic E-state index is 11.3. The summed E-state index contributed by atoms with van der Waals surface area (Å²) in [5.74, 6) is 0.0696. The molecule has 1 aromatic carbocycles. The quantitative estimate of drug-likeness (QED) is 0.917. The van der Waals surface area contributed by atoms with Gasteiger partial charge in [0, 0.05) is 29.6 Å². The summed E-state index contributed by atoms with van der Waals surface area (Å²) in [5.41, 5.74) is 3.24. The number of aromatic nitrogens is 1. The Morgan fingerprint density at radius 3 is 2.83 bits per heavy atom. The van der Waals surface area contributed by atoms with E-state index in [1.807, 2.05) is 43.5 Å². The molecule has 1 amide bonds. The molecule has 0 unspecified atom stereocenters. The van der Waals surface area contributed by atoms with Gasteiger partial charge in [0.1, 0.15) is 5.01 Å². The van der Waals surface area contributed by atoms with Crippen LogP contribution in [0.1, 0.15) is 24.6 Å². The molecule has 0 aliphatic rings. The van der Waals surface area contributed by atoms with Crippen LogP contribution in [-0.2, 0) is 11.3 Å². The van der Waals surface area contributed by atoms with Crippen molar-refractivity contribution in [3.63, 3.8) is 0 Å². The van der Waals surface area contributed by atoms with E-state index < -0.39 is 0 Å². The molecule has 0 radical (unpaired) electrons. The van der Waals surface area contributed by atoms with Crippen molar-refractivity contribution < 1.29 is 4.79 Å². The van der Waals surface area contributed by atoms with Crippen molar-refractivity contribution in [2.24, 2.45) is 0 Å². The summed E-state index contributed by atoms with van der Waals surface area (Å²) in [4.78, 5) is 15.8. The first-order valence-electron chi connectivity index (χ1n) is 5.97. The third kappa shape index (κ3) is 2.96. The molecular weight excluding hydrogens is 244 g/mol. The monoisotopic (exact) mass is 260 g/mol. The fourth-order valence-electron chi connectivity index (χ4n) is 1.68. The van der Waals surface area contributed by atoms with Gasteiger partial charge >= 0.3 is 0 Å². The Morgan fingerprint density at radius 2 is 2.17 bits per heavy atom. The molecule has 2 aromatic rings. The second-order valence-electron chi connectivity index (χ2n) is 4.08. The predicted molar refractivity (Wildman–Crippen MR) is 74.4 cm³/mol. The van der Waals surface area contributed by atoms with E-state index in [1.54, 1.807) is 11.3 Å². The number of nitrogens with one attached hydrogen (secondary N) is 1. The number of carbonyl (C=O) groups excluding carboxylic acids is 1.